The fourth-order valence-electron chi connectivity index (χ4n) is 3.21. The molecule has 0 bridgehead atoms. The normalized spacial score (nSPS) is 21.9. The third-order valence-corrected chi connectivity index (χ3v) is 4.47. The van der Waals surface area contributed by atoms with Crippen LogP contribution in [0.3, 0.4) is 0 Å². The van der Waals surface area contributed by atoms with Gasteiger partial charge in [-0.05, 0) is 31.0 Å². The van der Waals surface area contributed by atoms with Crippen LogP contribution in [-0.4, -0.2) is 42.2 Å². The molecule has 0 radical (unpaired) electrons. The Bertz CT molecular complexity index is 744. The number of allylic oxidation sites excluding steroid dienone is 2. The number of carbonyl (C=O) groups is 4. The molecule has 0 spiro atoms. The first-order valence-electron chi connectivity index (χ1n) is 7.99. The highest BCUT2D eigenvalue weighted by Gasteiger charge is 2.47. The number of amides is 3. The number of nitrogens with one attached hydrogen (secondary N) is 1. The second-order valence-corrected chi connectivity index (χ2v) is 6.04. The molecule has 0 aromatic heterocycles. The molecule has 1 aliphatic heterocycles. The van der Waals surface area contributed by atoms with Gasteiger partial charge in [0.25, 0.3) is 0 Å². The summed E-state index contributed by atoms with van der Waals surface area (Å²) in [5.41, 5.74) is 0.691. The van der Waals surface area contributed by atoms with E-state index in [1.165, 1.54) is 13.2 Å². The van der Waals surface area contributed by atoms with Gasteiger partial charge in [0.15, 0.2) is 0 Å². The maximum absolute atomic E-state index is 12.4. The molecule has 1 aromatic rings. The zero-order valence-corrected chi connectivity index (χ0v) is 13.7. The van der Waals surface area contributed by atoms with E-state index in [1.54, 1.807) is 18.2 Å². The van der Waals surface area contributed by atoms with Crippen LogP contribution in [0.5, 0.6) is 0 Å². The summed E-state index contributed by atoms with van der Waals surface area (Å²) >= 11 is 0. The molecule has 0 saturated carbocycles. The lowest BCUT2D eigenvalue weighted by Crippen LogP contribution is -2.38. The van der Waals surface area contributed by atoms with Gasteiger partial charge in [0.05, 0.1) is 24.5 Å². The Labute approximate surface area is 144 Å². The van der Waals surface area contributed by atoms with Crippen molar-refractivity contribution in [3.63, 3.8) is 0 Å². The highest BCUT2D eigenvalue weighted by atomic mass is 16.5. The number of nitrogens with zero attached hydrogens (tertiary/aromatic N) is 1. The zero-order valence-electron chi connectivity index (χ0n) is 13.7. The first kappa shape index (κ1) is 16.9. The highest BCUT2D eigenvalue weighted by molar-refractivity contribution is 6.09. The van der Waals surface area contributed by atoms with Crippen LogP contribution in [0.1, 0.15) is 23.2 Å². The van der Waals surface area contributed by atoms with E-state index in [9.17, 15) is 19.2 Å². The monoisotopic (exact) mass is 342 g/mol. The molecule has 0 unspecified atom stereocenters. The van der Waals surface area contributed by atoms with Crippen molar-refractivity contribution >= 4 is 29.4 Å². The van der Waals surface area contributed by atoms with Gasteiger partial charge in [0.2, 0.25) is 17.7 Å². The maximum Gasteiger partial charge on any atom is 0.337 e. The van der Waals surface area contributed by atoms with Crippen LogP contribution in [0.4, 0.5) is 5.69 Å². The Morgan fingerprint density at radius 2 is 1.80 bits per heavy atom. The molecule has 1 aliphatic carbocycles. The summed E-state index contributed by atoms with van der Waals surface area (Å²) in [6.45, 7) is -0.326. The molecular weight excluding hydrogens is 324 g/mol. The second kappa shape index (κ2) is 6.88. The Morgan fingerprint density at radius 3 is 2.40 bits per heavy atom. The number of carbonyl (C=O) groups excluding carboxylic acids is 4. The molecule has 7 heteroatoms. The standard InChI is InChI=1S/C18H18N2O5/c1-25-18(24)11-5-4-6-12(9-11)19-15(21)10-20-16(22)13-7-2-3-8-14(13)17(20)23/h2-6,9,13-14H,7-8,10H2,1H3,(H,19,21)/t13-,14-/m0/s1. The molecule has 1 saturated heterocycles. The molecule has 130 valence electrons. The van der Waals surface area contributed by atoms with Gasteiger partial charge >= 0.3 is 5.97 Å². The van der Waals surface area contributed by atoms with Crippen LogP contribution in [0.2, 0.25) is 0 Å². The highest BCUT2D eigenvalue weighted by Crippen LogP contribution is 2.34. The third kappa shape index (κ3) is 3.31. The van der Waals surface area contributed by atoms with E-state index < -0.39 is 11.9 Å². The predicted octanol–water partition coefficient (Wildman–Crippen LogP) is 1.36. The first-order valence-corrected chi connectivity index (χ1v) is 7.99. The molecule has 1 fully saturated rings. The number of ether oxygens (including phenoxy) is 1. The molecule has 1 heterocycles. The lowest BCUT2D eigenvalue weighted by atomic mass is 9.85. The van der Waals surface area contributed by atoms with Crippen molar-refractivity contribution in [2.45, 2.75) is 12.8 Å². The molecule has 2 aliphatic rings. The number of imide groups is 1. The van der Waals surface area contributed by atoms with Crippen LogP contribution in [0.15, 0.2) is 36.4 Å². The van der Waals surface area contributed by atoms with Crippen molar-refractivity contribution in [2.75, 3.05) is 19.0 Å². The molecule has 2 atom stereocenters. The van der Waals surface area contributed by atoms with Gasteiger partial charge in [-0.15, -0.1) is 0 Å². The van der Waals surface area contributed by atoms with Crippen LogP contribution in [0, 0.1) is 11.8 Å². The average Bonchev–Trinajstić information content (AvgIpc) is 2.86. The number of hydrogen-bond acceptors (Lipinski definition) is 5. The average molecular weight is 342 g/mol. The second-order valence-electron chi connectivity index (χ2n) is 6.04. The van der Waals surface area contributed by atoms with Gasteiger partial charge in [-0.1, -0.05) is 18.2 Å². The van der Waals surface area contributed by atoms with Crippen molar-refractivity contribution in [1.29, 1.82) is 0 Å². The molecular formula is C18H18N2O5. The Kier molecular flexibility index (Phi) is 4.65. The number of rotatable bonds is 4. The topological polar surface area (TPSA) is 92.8 Å². The first-order chi connectivity index (χ1) is 12.0. The molecule has 25 heavy (non-hydrogen) atoms. The number of likely N-dealkylation sites (tertiary alicyclic amines) is 1. The van der Waals surface area contributed by atoms with Crippen molar-refractivity contribution in [3.8, 4) is 0 Å². The number of benzene rings is 1. The Morgan fingerprint density at radius 1 is 1.16 bits per heavy atom. The van der Waals surface area contributed by atoms with Gasteiger partial charge in [0, 0.05) is 5.69 Å². The fourth-order valence-corrected chi connectivity index (χ4v) is 3.21. The summed E-state index contributed by atoms with van der Waals surface area (Å²) in [4.78, 5) is 49.5. The minimum absolute atomic E-state index is 0.294. The quantitative estimate of drug-likeness (QED) is 0.507. The fraction of sp³-hybridized carbons (Fsp3) is 0.333. The summed E-state index contributed by atoms with van der Waals surface area (Å²) in [5, 5.41) is 2.60. The van der Waals surface area contributed by atoms with Gasteiger partial charge in [-0.3, -0.25) is 19.3 Å². The van der Waals surface area contributed by atoms with Crippen LogP contribution in [0.25, 0.3) is 0 Å². The summed E-state index contributed by atoms with van der Waals surface area (Å²) < 4.78 is 4.63. The summed E-state index contributed by atoms with van der Waals surface area (Å²) in [5.74, 6) is -2.30. The smallest absolute Gasteiger partial charge is 0.337 e. The molecule has 7 nitrogen and oxygen atoms in total. The number of hydrogen-bond donors (Lipinski definition) is 1. The maximum atomic E-state index is 12.4. The number of methoxy groups -OCH3 is 1. The lowest BCUT2D eigenvalue weighted by Gasteiger charge is -2.14. The third-order valence-electron chi connectivity index (χ3n) is 4.47. The van der Waals surface area contributed by atoms with E-state index in [4.69, 9.17) is 0 Å². The van der Waals surface area contributed by atoms with E-state index in [2.05, 4.69) is 10.1 Å². The van der Waals surface area contributed by atoms with E-state index in [-0.39, 0.29) is 30.2 Å². The van der Waals surface area contributed by atoms with Crippen LogP contribution in [-0.2, 0) is 19.1 Å². The minimum atomic E-state index is -0.516. The number of anilines is 1. The van der Waals surface area contributed by atoms with Gasteiger partial charge in [-0.2, -0.15) is 0 Å². The van der Waals surface area contributed by atoms with Crippen molar-refractivity contribution in [2.24, 2.45) is 11.8 Å². The van der Waals surface area contributed by atoms with Gasteiger partial charge in [-0.25, -0.2) is 4.79 Å². The van der Waals surface area contributed by atoms with Crippen molar-refractivity contribution in [3.05, 3.63) is 42.0 Å². The SMILES string of the molecule is COC(=O)c1cccc(NC(=O)CN2C(=O)[C@H]3CC=CC[C@@H]3C2=O)c1. The van der Waals surface area contributed by atoms with Gasteiger partial charge < -0.3 is 10.1 Å². The molecule has 1 N–H and O–H groups in total. The van der Waals surface area contributed by atoms with E-state index in [0.717, 1.165) is 4.90 Å². The van der Waals surface area contributed by atoms with Gasteiger partial charge in [0.1, 0.15) is 6.54 Å². The largest absolute Gasteiger partial charge is 0.465 e. The summed E-state index contributed by atoms with van der Waals surface area (Å²) in [7, 11) is 1.27. The zero-order chi connectivity index (χ0) is 18.0. The van der Waals surface area contributed by atoms with Crippen LogP contribution < -0.4 is 5.32 Å². The van der Waals surface area contributed by atoms with E-state index >= 15 is 0 Å². The van der Waals surface area contributed by atoms with Crippen molar-refractivity contribution in [1.82, 2.24) is 4.90 Å². The minimum Gasteiger partial charge on any atom is -0.465 e. The Balaban J connectivity index is 1.66. The predicted molar refractivity (Wildman–Crippen MR) is 88.5 cm³/mol. The van der Waals surface area contributed by atoms with E-state index in [1.807, 2.05) is 12.2 Å². The number of fused-ring (bicyclic) bond motifs is 1. The van der Waals surface area contributed by atoms with E-state index in [0.29, 0.717) is 24.1 Å². The van der Waals surface area contributed by atoms with Crippen molar-refractivity contribution < 1.29 is 23.9 Å². The molecule has 3 rings (SSSR count). The summed E-state index contributed by atoms with van der Waals surface area (Å²) in [6, 6.07) is 6.25. The van der Waals surface area contributed by atoms with Crippen LogP contribution >= 0.6 is 0 Å². The number of esters is 1. The molecule has 3 amide bonds. The Hall–Kier alpha value is -2.96. The molecule has 1 aromatic carbocycles. The summed E-state index contributed by atoms with van der Waals surface area (Å²) in [6.07, 6.45) is 4.87. The lowest BCUT2D eigenvalue weighted by molar-refractivity contribution is -0.142.